The minimum Gasteiger partial charge on any atom is -0.304 e. The molecular formula is C9H20O. The van der Waals surface area contributed by atoms with Crippen LogP contribution in [0.4, 0.5) is 0 Å². The average Bonchev–Trinajstić information content (AvgIpc) is 2.20. The zero-order chi connectivity index (χ0) is 7.11. The number of hydrogen-bond donors (Lipinski definition) is 0. The van der Waals surface area contributed by atoms with E-state index < -0.39 is 0 Å². The van der Waals surface area contributed by atoms with Crippen LogP contribution in [0, 0.1) is 5.92 Å². The average molecular weight is 144 g/mol. The number of carbonyl (C=O) groups excluding carboxylic acids is 1. The summed E-state index contributed by atoms with van der Waals surface area (Å²) in [6, 6.07) is 0. The highest BCUT2D eigenvalue weighted by atomic mass is 16.1. The first kappa shape index (κ1) is 12.4. The van der Waals surface area contributed by atoms with Gasteiger partial charge in [-0.05, 0) is 12.8 Å². The molecule has 1 heteroatoms. The van der Waals surface area contributed by atoms with Gasteiger partial charge in [0.2, 0.25) is 0 Å². The Balaban J connectivity index is 0. The van der Waals surface area contributed by atoms with E-state index in [9.17, 15) is 0 Å². The van der Waals surface area contributed by atoms with E-state index in [1.165, 1.54) is 32.6 Å². The van der Waals surface area contributed by atoms with Crippen molar-refractivity contribution in [2.24, 2.45) is 5.92 Å². The molecule has 1 saturated carbocycles. The van der Waals surface area contributed by atoms with Crippen molar-refractivity contribution in [1.29, 1.82) is 0 Å². The molecule has 1 rings (SSSR count). The van der Waals surface area contributed by atoms with Crippen molar-refractivity contribution in [1.82, 2.24) is 0 Å². The highest BCUT2D eigenvalue weighted by molar-refractivity contribution is 5.44. The van der Waals surface area contributed by atoms with Gasteiger partial charge in [-0.2, -0.15) is 0 Å². The Bertz CT molecular complexity index is 63.1. The van der Waals surface area contributed by atoms with Gasteiger partial charge in [0.15, 0.2) is 0 Å². The minimum atomic E-state index is 0. The van der Waals surface area contributed by atoms with Gasteiger partial charge in [0.1, 0.15) is 6.29 Å². The Labute approximate surface area is 64.8 Å². The van der Waals surface area contributed by atoms with E-state index >= 15 is 0 Å². The van der Waals surface area contributed by atoms with Gasteiger partial charge in [0, 0.05) is 0 Å². The molecule has 0 aromatic heterocycles. The standard InChI is InChI=1S/C6H12.C2H4O.CH4/c1-6-4-2-3-5-6;1-2-3;/h6H,2-5H2,1H3;2H,1H3;1H4. The van der Waals surface area contributed by atoms with E-state index in [0.29, 0.717) is 0 Å². The molecule has 0 unspecified atom stereocenters. The van der Waals surface area contributed by atoms with E-state index in [1.54, 1.807) is 0 Å². The van der Waals surface area contributed by atoms with Crippen LogP contribution in [-0.4, -0.2) is 6.29 Å². The van der Waals surface area contributed by atoms with Gasteiger partial charge in [-0.3, -0.25) is 0 Å². The highest BCUT2D eigenvalue weighted by Crippen LogP contribution is 2.22. The molecule has 0 aromatic rings. The maximum absolute atomic E-state index is 8.81. The third kappa shape index (κ3) is 7.67. The van der Waals surface area contributed by atoms with Gasteiger partial charge in [-0.25, -0.2) is 0 Å². The third-order valence-electron chi connectivity index (χ3n) is 1.64. The van der Waals surface area contributed by atoms with Crippen molar-refractivity contribution < 1.29 is 4.79 Å². The van der Waals surface area contributed by atoms with Gasteiger partial charge < -0.3 is 4.79 Å². The van der Waals surface area contributed by atoms with E-state index in [-0.39, 0.29) is 7.43 Å². The summed E-state index contributed by atoms with van der Waals surface area (Å²) >= 11 is 0. The maximum Gasteiger partial charge on any atom is 0.116 e. The summed E-state index contributed by atoms with van der Waals surface area (Å²) < 4.78 is 0. The van der Waals surface area contributed by atoms with Crippen LogP contribution in [0.1, 0.15) is 47.0 Å². The molecule has 0 spiro atoms. The van der Waals surface area contributed by atoms with Crippen molar-refractivity contribution in [3.05, 3.63) is 0 Å². The zero-order valence-corrected chi connectivity index (χ0v) is 6.39. The van der Waals surface area contributed by atoms with E-state index in [1.807, 2.05) is 0 Å². The number of hydrogen-bond acceptors (Lipinski definition) is 1. The Morgan fingerprint density at radius 2 is 1.60 bits per heavy atom. The smallest absolute Gasteiger partial charge is 0.116 e. The van der Waals surface area contributed by atoms with Crippen LogP contribution >= 0.6 is 0 Å². The number of aldehydes is 1. The lowest BCUT2D eigenvalue weighted by Crippen LogP contribution is -1.78. The summed E-state index contributed by atoms with van der Waals surface area (Å²) in [4.78, 5) is 8.81. The Morgan fingerprint density at radius 1 is 1.30 bits per heavy atom. The largest absolute Gasteiger partial charge is 0.304 e. The predicted molar refractivity (Wildman–Crippen MR) is 46.1 cm³/mol. The molecule has 1 aliphatic rings. The first-order chi connectivity index (χ1) is 4.31. The second-order valence-corrected chi connectivity index (χ2v) is 2.63. The molecule has 0 N–H and O–H groups in total. The molecule has 1 fully saturated rings. The molecule has 0 bridgehead atoms. The first-order valence-corrected chi connectivity index (χ1v) is 3.71. The Hall–Kier alpha value is -0.330. The van der Waals surface area contributed by atoms with E-state index in [0.717, 1.165) is 12.2 Å². The molecule has 0 atom stereocenters. The first-order valence-electron chi connectivity index (χ1n) is 3.71. The summed E-state index contributed by atoms with van der Waals surface area (Å²) in [7, 11) is 0. The normalized spacial score (nSPS) is 16.6. The molecule has 0 radical (unpaired) electrons. The van der Waals surface area contributed by atoms with E-state index in [4.69, 9.17) is 4.79 Å². The highest BCUT2D eigenvalue weighted by Gasteiger charge is 2.07. The van der Waals surface area contributed by atoms with Crippen LogP contribution in [0.25, 0.3) is 0 Å². The van der Waals surface area contributed by atoms with Gasteiger partial charge >= 0.3 is 0 Å². The van der Waals surface area contributed by atoms with Crippen molar-refractivity contribution in [2.45, 2.75) is 47.0 Å². The summed E-state index contributed by atoms with van der Waals surface area (Å²) in [5.74, 6) is 1.05. The van der Waals surface area contributed by atoms with Gasteiger partial charge in [0.25, 0.3) is 0 Å². The zero-order valence-electron chi connectivity index (χ0n) is 6.39. The topological polar surface area (TPSA) is 17.1 Å². The monoisotopic (exact) mass is 144 g/mol. The molecule has 1 nitrogen and oxygen atoms in total. The van der Waals surface area contributed by atoms with Gasteiger partial charge in [-0.1, -0.05) is 40.0 Å². The fraction of sp³-hybridized carbons (Fsp3) is 0.889. The lowest BCUT2D eigenvalue weighted by molar-refractivity contribution is -0.106. The molecule has 62 valence electrons. The van der Waals surface area contributed by atoms with Crippen molar-refractivity contribution in [3.63, 3.8) is 0 Å². The SMILES string of the molecule is C.CC1CCCC1.CC=O. The molecule has 0 heterocycles. The quantitative estimate of drug-likeness (QED) is 0.477. The van der Waals surface area contributed by atoms with Crippen LogP contribution in [0.3, 0.4) is 0 Å². The second-order valence-electron chi connectivity index (χ2n) is 2.63. The summed E-state index contributed by atoms with van der Waals surface area (Å²) in [6.45, 7) is 3.78. The minimum absolute atomic E-state index is 0. The van der Waals surface area contributed by atoms with Crippen LogP contribution in [0.2, 0.25) is 0 Å². The number of rotatable bonds is 0. The van der Waals surface area contributed by atoms with Crippen molar-refractivity contribution >= 4 is 6.29 Å². The molecule has 0 saturated heterocycles. The Kier molecular flexibility index (Phi) is 10.7. The lowest BCUT2D eigenvalue weighted by atomic mass is 10.2. The van der Waals surface area contributed by atoms with Crippen LogP contribution in [-0.2, 0) is 4.79 Å². The van der Waals surface area contributed by atoms with Gasteiger partial charge in [-0.15, -0.1) is 0 Å². The fourth-order valence-corrected chi connectivity index (χ4v) is 1.13. The molecule has 0 aromatic carbocycles. The summed E-state index contributed by atoms with van der Waals surface area (Å²) in [6.07, 6.45) is 6.70. The summed E-state index contributed by atoms with van der Waals surface area (Å²) in [5.41, 5.74) is 0. The van der Waals surface area contributed by atoms with Gasteiger partial charge in [0.05, 0.1) is 0 Å². The molecule has 0 aliphatic heterocycles. The number of carbonyl (C=O) groups is 1. The van der Waals surface area contributed by atoms with Crippen LogP contribution in [0.5, 0.6) is 0 Å². The maximum atomic E-state index is 8.81. The third-order valence-corrected chi connectivity index (χ3v) is 1.64. The second kappa shape index (κ2) is 8.67. The molecule has 10 heavy (non-hydrogen) atoms. The lowest BCUT2D eigenvalue weighted by Gasteiger charge is -1.91. The summed E-state index contributed by atoms with van der Waals surface area (Å²) in [5, 5.41) is 0. The van der Waals surface area contributed by atoms with Crippen LogP contribution < -0.4 is 0 Å². The Morgan fingerprint density at radius 3 is 1.70 bits per heavy atom. The van der Waals surface area contributed by atoms with E-state index in [2.05, 4.69) is 6.92 Å². The molecule has 0 amide bonds. The van der Waals surface area contributed by atoms with Crippen molar-refractivity contribution in [2.75, 3.05) is 0 Å². The van der Waals surface area contributed by atoms with Crippen molar-refractivity contribution in [3.8, 4) is 0 Å². The molecular weight excluding hydrogens is 124 g/mol. The fourth-order valence-electron chi connectivity index (χ4n) is 1.13. The molecule has 1 aliphatic carbocycles. The van der Waals surface area contributed by atoms with Crippen LogP contribution in [0.15, 0.2) is 0 Å². The predicted octanol–water partition coefficient (Wildman–Crippen LogP) is 3.04.